The molecule has 0 N–H and O–H groups in total. The normalized spacial score (nSPS) is 13.1. The molecule has 21 heavy (non-hydrogen) atoms. The van der Waals surface area contributed by atoms with Gasteiger partial charge in [0.2, 0.25) is 0 Å². The van der Waals surface area contributed by atoms with Gasteiger partial charge in [0.05, 0.1) is 7.11 Å². The molecule has 0 unspecified atom stereocenters. The first-order chi connectivity index (χ1) is 10.2. The minimum absolute atomic E-state index is 0.121. The summed E-state index contributed by atoms with van der Waals surface area (Å²) in [5.41, 5.74) is 2.21. The van der Waals surface area contributed by atoms with Gasteiger partial charge in [0.25, 0.3) is 0 Å². The number of carbonyl (C=O) groups is 1. The van der Waals surface area contributed by atoms with Gasteiger partial charge in [0, 0.05) is 17.5 Å². The summed E-state index contributed by atoms with van der Waals surface area (Å²) in [6, 6.07) is 10.3. The van der Waals surface area contributed by atoms with E-state index in [9.17, 15) is 9.18 Å². The lowest BCUT2D eigenvalue weighted by molar-refractivity contribution is 0.0994. The molecular formula is C17H15FO3. The molecule has 0 aliphatic heterocycles. The summed E-state index contributed by atoms with van der Waals surface area (Å²) in [4.78, 5) is 11.6. The molecule has 1 aliphatic carbocycles. The zero-order chi connectivity index (χ0) is 14.8. The van der Waals surface area contributed by atoms with Gasteiger partial charge in [-0.15, -0.1) is 0 Å². The Labute approximate surface area is 122 Å². The lowest BCUT2D eigenvalue weighted by atomic mass is 10.1. The molecule has 3 nitrogen and oxygen atoms in total. The molecule has 4 heteroatoms. The van der Waals surface area contributed by atoms with Gasteiger partial charge < -0.3 is 9.47 Å². The van der Waals surface area contributed by atoms with Gasteiger partial charge >= 0.3 is 0 Å². The second kappa shape index (κ2) is 5.56. The van der Waals surface area contributed by atoms with Crippen LogP contribution in [0.3, 0.4) is 0 Å². The van der Waals surface area contributed by atoms with Gasteiger partial charge in [0.1, 0.15) is 12.4 Å². The second-order valence-electron chi connectivity index (χ2n) is 4.96. The minimum Gasteiger partial charge on any atom is -0.494 e. The number of hydrogen-bond donors (Lipinski definition) is 0. The highest BCUT2D eigenvalue weighted by molar-refractivity contribution is 6.00. The molecule has 0 aromatic heterocycles. The van der Waals surface area contributed by atoms with Gasteiger partial charge in [0.15, 0.2) is 17.3 Å². The maximum absolute atomic E-state index is 14.0. The number of carbonyl (C=O) groups excluding carboxylic acids is 1. The highest BCUT2D eigenvalue weighted by atomic mass is 19.1. The average molecular weight is 286 g/mol. The van der Waals surface area contributed by atoms with E-state index in [0.29, 0.717) is 17.7 Å². The highest BCUT2D eigenvalue weighted by Crippen LogP contribution is 2.27. The van der Waals surface area contributed by atoms with Crippen molar-refractivity contribution in [1.82, 2.24) is 0 Å². The third kappa shape index (κ3) is 2.61. The van der Waals surface area contributed by atoms with E-state index in [4.69, 9.17) is 9.47 Å². The van der Waals surface area contributed by atoms with E-state index in [2.05, 4.69) is 0 Å². The summed E-state index contributed by atoms with van der Waals surface area (Å²) < 4.78 is 24.6. The van der Waals surface area contributed by atoms with Crippen molar-refractivity contribution in [2.45, 2.75) is 19.4 Å². The van der Waals surface area contributed by atoms with Crippen LogP contribution in [-0.2, 0) is 13.0 Å². The zero-order valence-electron chi connectivity index (χ0n) is 11.7. The van der Waals surface area contributed by atoms with Crippen LogP contribution in [0.5, 0.6) is 11.5 Å². The Morgan fingerprint density at radius 1 is 1.19 bits per heavy atom. The summed E-state index contributed by atoms with van der Waals surface area (Å²) in [5, 5.41) is 0. The first kappa shape index (κ1) is 13.6. The molecule has 2 aromatic carbocycles. The third-order valence-corrected chi connectivity index (χ3v) is 3.66. The van der Waals surface area contributed by atoms with Crippen molar-refractivity contribution in [2.24, 2.45) is 0 Å². The Kier molecular flexibility index (Phi) is 3.60. The van der Waals surface area contributed by atoms with Crippen LogP contribution in [0.1, 0.15) is 27.9 Å². The maximum Gasteiger partial charge on any atom is 0.171 e. The second-order valence-corrected chi connectivity index (χ2v) is 4.96. The number of benzene rings is 2. The van der Waals surface area contributed by atoms with Crippen LogP contribution in [0.25, 0.3) is 0 Å². The molecular weight excluding hydrogens is 271 g/mol. The Bertz CT molecular complexity index is 694. The van der Waals surface area contributed by atoms with Crippen LogP contribution in [-0.4, -0.2) is 12.9 Å². The van der Waals surface area contributed by atoms with E-state index < -0.39 is 5.82 Å². The zero-order valence-corrected chi connectivity index (χ0v) is 11.7. The molecule has 0 fully saturated rings. The van der Waals surface area contributed by atoms with Gasteiger partial charge in [-0.2, -0.15) is 0 Å². The van der Waals surface area contributed by atoms with E-state index >= 15 is 0 Å². The smallest absolute Gasteiger partial charge is 0.171 e. The van der Waals surface area contributed by atoms with Crippen LogP contribution in [0.15, 0.2) is 36.4 Å². The molecule has 2 aromatic rings. The van der Waals surface area contributed by atoms with Gasteiger partial charge in [-0.25, -0.2) is 4.39 Å². The summed E-state index contributed by atoms with van der Waals surface area (Å²) in [6.07, 6.45) is 1.31. The Balaban J connectivity index is 1.75. The van der Waals surface area contributed by atoms with E-state index in [0.717, 1.165) is 17.5 Å². The number of Topliss-reactive ketones (excluding diaryl/α,β-unsaturated/α-hetero) is 1. The fourth-order valence-corrected chi connectivity index (χ4v) is 2.51. The van der Waals surface area contributed by atoms with Crippen LogP contribution in [0.4, 0.5) is 4.39 Å². The fourth-order valence-electron chi connectivity index (χ4n) is 2.51. The Morgan fingerprint density at radius 2 is 2.05 bits per heavy atom. The molecule has 0 bridgehead atoms. The van der Waals surface area contributed by atoms with Crippen LogP contribution < -0.4 is 9.47 Å². The lowest BCUT2D eigenvalue weighted by Gasteiger charge is -2.10. The number of hydrogen-bond acceptors (Lipinski definition) is 3. The molecule has 3 rings (SSSR count). The molecule has 0 atom stereocenters. The van der Waals surface area contributed by atoms with Gasteiger partial charge in [-0.1, -0.05) is 12.1 Å². The monoisotopic (exact) mass is 286 g/mol. The van der Waals surface area contributed by atoms with Crippen molar-refractivity contribution in [2.75, 3.05) is 7.11 Å². The van der Waals surface area contributed by atoms with Crippen molar-refractivity contribution in [3.63, 3.8) is 0 Å². The molecule has 0 saturated carbocycles. The Morgan fingerprint density at radius 3 is 2.86 bits per heavy atom. The number of methoxy groups -OCH3 is 1. The summed E-state index contributed by atoms with van der Waals surface area (Å²) >= 11 is 0. The number of ether oxygens (including phenoxy) is 2. The van der Waals surface area contributed by atoms with Crippen LogP contribution in [0.2, 0.25) is 0 Å². The topological polar surface area (TPSA) is 35.5 Å². The van der Waals surface area contributed by atoms with Crippen LogP contribution >= 0.6 is 0 Å². The lowest BCUT2D eigenvalue weighted by Crippen LogP contribution is -2.01. The first-order valence-electron chi connectivity index (χ1n) is 6.79. The van der Waals surface area contributed by atoms with E-state index in [-0.39, 0.29) is 18.1 Å². The molecule has 108 valence electrons. The van der Waals surface area contributed by atoms with Crippen molar-refractivity contribution >= 4 is 5.78 Å². The predicted octanol–water partition coefficient (Wildman–Crippen LogP) is 3.54. The van der Waals surface area contributed by atoms with E-state index in [1.807, 2.05) is 6.07 Å². The molecule has 0 heterocycles. The molecule has 0 saturated heterocycles. The standard InChI is InChI=1S/C17H15FO3/c1-20-16-4-2-3-12(17(16)18)10-21-13-6-7-14-11(9-13)5-8-15(14)19/h2-4,6-7,9H,5,8,10H2,1H3. The quantitative estimate of drug-likeness (QED) is 0.862. The number of fused-ring (bicyclic) bond motifs is 1. The molecule has 0 radical (unpaired) electrons. The van der Waals surface area contributed by atoms with Crippen molar-refractivity contribution in [1.29, 1.82) is 0 Å². The van der Waals surface area contributed by atoms with Gasteiger partial charge in [-0.3, -0.25) is 4.79 Å². The SMILES string of the molecule is COc1cccc(COc2ccc3c(c2)CCC3=O)c1F. The maximum atomic E-state index is 14.0. The van der Waals surface area contributed by atoms with Gasteiger partial charge in [-0.05, 0) is 36.2 Å². The van der Waals surface area contributed by atoms with E-state index in [1.54, 1.807) is 30.3 Å². The molecule has 0 spiro atoms. The summed E-state index contributed by atoms with van der Waals surface area (Å²) in [7, 11) is 1.43. The largest absolute Gasteiger partial charge is 0.494 e. The van der Waals surface area contributed by atoms with Crippen molar-refractivity contribution < 1.29 is 18.7 Å². The molecule has 1 aliphatic rings. The third-order valence-electron chi connectivity index (χ3n) is 3.66. The minimum atomic E-state index is -0.406. The van der Waals surface area contributed by atoms with Crippen molar-refractivity contribution in [3.05, 3.63) is 58.9 Å². The number of aryl methyl sites for hydroxylation is 1. The van der Waals surface area contributed by atoms with Crippen LogP contribution in [0, 0.1) is 5.82 Å². The van der Waals surface area contributed by atoms with Crippen molar-refractivity contribution in [3.8, 4) is 11.5 Å². The summed E-state index contributed by atoms with van der Waals surface area (Å²) in [6.45, 7) is 0.121. The highest BCUT2D eigenvalue weighted by Gasteiger charge is 2.19. The number of ketones is 1. The van der Waals surface area contributed by atoms with E-state index in [1.165, 1.54) is 7.11 Å². The number of rotatable bonds is 4. The predicted molar refractivity (Wildman–Crippen MR) is 76.4 cm³/mol. The Hall–Kier alpha value is -2.36. The first-order valence-corrected chi connectivity index (χ1v) is 6.79. The average Bonchev–Trinajstić information content (AvgIpc) is 2.87. The fraction of sp³-hybridized carbons (Fsp3) is 0.235. The molecule has 0 amide bonds. The number of halogens is 1. The summed E-state index contributed by atoms with van der Waals surface area (Å²) in [5.74, 6) is 0.619.